The molecule has 0 aromatic carbocycles. The van der Waals surface area contributed by atoms with E-state index in [1.54, 1.807) is 7.11 Å². The number of Topliss-reactive ketones (excluding diaryl/α,β-unsaturated/α-hetero) is 1. The standard InChI is InChI=1S/C26H40FN3O3/c1-5-16-21(30-33-15-8-11-28-14-15)7-10-25(2)18-6-9-26(3)19(13-20(27)24(26)31)17(18)12-22(23(16)25)29-32-4/h15-20,23,28H,5-14H2,1-4H3/t15?,16-,17?,18?,19?,20?,23?,25+,26-/m0/s1. The van der Waals surface area contributed by atoms with Crippen LogP contribution in [-0.2, 0) is 14.5 Å². The number of nitrogens with zero attached hydrogens (tertiary/aromatic N) is 2. The van der Waals surface area contributed by atoms with Crippen LogP contribution in [0.1, 0.15) is 72.1 Å². The van der Waals surface area contributed by atoms with Gasteiger partial charge in [0.1, 0.15) is 13.2 Å². The van der Waals surface area contributed by atoms with Crippen LogP contribution in [0.25, 0.3) is 0 Å². The second-order valence-electron chi connectivity index (χ2n) is 11.7. The molecule has 0 aromatic rings. The molecule has 4 aliphatic carbocycles. The molecule has 5 rings (SSSR count). The molecule has 184 valence electrons. The van der Waals surface area contributed by atoms with Gasteiger partial charge in [-0.2, -0.15) is 0 Å². The lowest BCUT2D eigenvalue weighted by molar-refractivity contribution is -0.136. The molecule has 9 atom stereocenters. The lowest BCUT2D eigenvalue weighted by Crippen LogP contribution is -2.59. The third kappa shape index (κ3) is 3.55. The van der Waals surface area contributed by atoms with Crippen LogP contribution in [0.2, 0.25) is 0 Å². The van der Waals surface area contributed by atoms with Gasteiger partial charge in [0.25, 0.3) is 0 Å². The van der Waals surface area contributed by atoms with Crippen LogP contribution in [0.3, 0.4) is 0 Å². The van der Waals surface area contributed by atoms with E-state index in [-0.39, 0.29) is 35.1 Å². The summed E-state index contributed by atoms with van der Waals surface area (Å²) in [7, 11) is 1.62. The zero-order chi connectivity index (χ0) is 23.4. The molecule has 6 nitrogen and oxygen atoms in total. The van der Waals surface area contributed by atoms with E-state index in [0.717, 1.165) is 69.5 Å². The van der Waals surface area contributed by atoms with Gasteiger partial charge >= 0.3 is 0 Å². The maximum absolute atomic E-state index is 14.6. The number of carbonyl (C=O) groups excluding carboxylic acids is 1. The summed E-state index contributed by atoms with van der Waals surface area (Å²) >= 11 is 0. The highest BCUT2D eigenvalue weighted by molar-refractivity contribution is 5.97. The first-order valence-electron chi connectivity index (χ1n) is 13.0. The average Bonchev–Trinajstić information content (AvgIpc) is 3.40. The molecule has 5 aliphatic rings. The topological polar surface area (TPSA) is 72.3 Å². The summed E-state index contributed by atoms with van der Waals surface area (Å²) < 4.78 is 14.6. The first kappa shape index (κ1) is 23.3. The van der Waals surface area contributed by atoms with Gasteiger partial charge in [0.15, 0.2) is 12.0 Å². The number of carbonyl (C=O) groups is 1. The van der Waals surface area contributed by atoms with E-state index in [1.165, 1.54) is 0 Å². The average molecular weight is 462 g/mol. The maximum atomic E-state index is 14.6. The zero-order valence-electron chi connectivity index (χ0n) is 20.6. The first-order valence-corrected chi connectivity index (χ1v) is 13.0. The number of rotatable bonds is 4. The highest BCUT2D eigenvalue weighted by Gasteiger charge is 2.65. The van der Waals surface area contributed by atoms with Crippen molar-refractivity contribution in [2.45, 2.75) is 84.4 Å². The Morgan fingerprint density at radius 1 is 1.15 bits per heavy atom. The second kappa shape index (κ2) is 8.62. The van der Waals surface area contributed by atoms with E-state index in [1.807, 2.05) is 6.92 Å². The molecule has 5 fully saturated rings. The normalized spacial score (nSPS) is 49.6. The van der Waals surface area contributed by atoms with Crippen LogP contribution >= 0.6 is 0 Å². The van der Waals surface area contributed by atoms with Crippen molar-refractivity contribution in [2.75, 3.05) is 20.2 Å². The number of hydrogen-bond acceptors (Lipinski definition) is 6. The number of fused-ring (bicyclic) bond motifs is 5. The Labute approximate surface area is 197 Å². The van der Waals surface area contributed by atoms with Gasteiger partial charge in [-0.1, -0.05) is 31.1 Å². The molecule has 7 heteroatoms. The molecular formula is C26H40FN3O3. The van der Waals surface area contributed by atoms with Gasteiger partial charge in [0, 0.05) is 30.2 Å². The van der Waals surface area contributed by atoms with Crippen LogP contribution in [0.5, 0.6) is 0 Å². The highest BCUT2D eigenvalue weighted by atomic mass is 19.1. The van der Waals surface area contributed by atoms with E-state index in [4.69, 9.17) is 14.8 Å². The fourth-order valence-electron chi connectivity index (χ4n) is 8.58. The summed E-state index contributed by atoms with van der Waals surface area (Å²) in [6, 6.07) is 0. The van der Waals surface area contributed by atoms with Gasteiger partial charge in [-0.25, -0.2) is 4.39 Å². The summed E-state index contributed by atoms with van der Waals surface area (Å²) in [6.07, 6.45) is 5.80. The van der Waals surface area contributed by atoms with Crippen LogP contribution in [0.15, 0.2) is 10.3 Å². The molecule has 1 N–H and O–H groups in total. The van der Waals surface area contributed by atoms with Crippen molar-refractivity contribution >= 4 is 17.2 Å². The third-order valence-corrected chi connectivity index (χ3v) is 10.2. The van der Waals surface area contributed by atoms with E-state index in [2.05, 4.69) is 24.3 Å². The minimum Gasteiger partial charge on any atom is -0.399 e. The van der Waals surface area contributed by atoms with Crippen molar-refractivity contribution in [3.8, 4) is 0 Å². The smallest absolute Gasteiger partial charge is 0.173 e. The zero-order valence-corrected chi connectivity index (χ0v) is 20.6. The summed E-state index contributed by atoms with van der Waals surface area (Å²) in [5.41, 5.74) is 1.78. The molecule has 0 radical (unpaired) electrons. The van der Waals surface area contributed by atoms with E-state index < -0.39 is 11.6 Å². The van der Waals surface area contributed by atoms with Crippen LogP contribution in [0, 0.1) is 40.4 Å². The molecule has 1 saturated heterocycles. The first-order chi connectivity index (χ1) is 15.8. The van der Waals surface area contributed by atoms with Crippen molar-refractivity contribution in [3.63, 3.8) is 0 Å². The summed E-state index contributed by atoms with van der Waals surface area (Å²) in [5, 5.41) is 12.6. The number of oxime groups is 2. The second-order valence-corrected chi connectivity index (χ2v) is 11.7. The molecule has 1 aliphatic heterocycles. The van der Waals surface area contributed by atoms with Gasteiger partial charge in [0.05, 0.1) is 11.4 Å². The minimum absolute atomic E-state index is 0.0493. The Bertz CT molecular complexity index is 841. The monoisotopic (exact) mass is 461 g/mol. The SMILES string of the molecule is CC[C@H]1C(=NOC2CCNC2)CC[C@]2(C)C3CC[C@]4(C)C(=O)C(F)CC4C3CC(=NOC)C12. The van der Waals surface area contributed by atoms with Gasteiger partial charge in [0.2, 0.25) is 0 Å². The Morgan fingerprint density at radius 3 is 2.67 bits per heavy atom. The lowest BCUT2D eigenvalue weighted by Gasteiger charge is -2.61. The van der Waals surface area contributed by atoms with Crippen LogP contribution in [0.4, 0.5) is 4.39 Å². The Hall–Kier alpha value is -1.50. The van der Waals surface area contributed by atoms with E-state index >= 15 is 0 Å². The Morgan fingerprint density at radius 2 is 1.97 bits per heavy atom. The lowest BCUT2D eigenvalue weighted by atomic mass is 9.43. The minimum atomic E-state index is -1.30. The summed E-state index contributed by atoms with van der Waals surface area (Å²) in [6.45, 7) is 8.54. The quantitative estimate of drug-likeness (QED) is 0.625. The molecule has 4 saturated carbocycles. The van der Waals surface area contributed by atoms with Crippen molar-refractivity contribution in [2.24, 2.45) is 50.7 Å². The Balaban J connectivity index is 1.47. The number of nitrogens with one attached hydrogen (secondary N) is 1. The molecule has 0 amide bonds. The van der Waals surface area contributed by atoms with Crippen LogP contribution < -0.4 is 5.32 Å². The van der Waals surface area contributed by atoms with Gasteiger partial charge in [-0.15, -0.1) is 0 Å². The van der Waals surface area contributed by atoms with Crippen LogP contribution in [-0.4, -0.2) is 49.7 Å². The van der Waals surface area contributed by atoms with Gasteiger partial charge in [-0.3, -0.25) is 4.79 Å². The fraction of sp³-hybridized carbons (Fsp3) is 0.885. The molecule has 33 heavy (non-hydrogen) atoms. The number of ketones is 1. The predicted molar refractivity (Wildman–Crippen MR) is 126 cm³/mol. The molecular weight excluding hydrogens is 421 g/mol. The molecule has 0 spiro atoms. The largest absolute Gasteiger partial charge is 0.399 e. The Kier molecular flexibility index (Phi) is 6.07. The van der Waals surface area contributed by atoms with Crippen molar-refractivity contribution in [1.82, 2.24) is 5.32 Å². The summed E-state index contributed by atoms with van der Waals surface area (Å²) in [4.78, 5) is 24.1. The maximum Gasteiger partial charge on any atom is 0.173 e. The molecule has 0 aromatic heterocycles. The summed E-state index contributed by atoms with van der Waals surface area (Å²) in [5.74, 6) is 1.24. The van der Waals surface area contributed by atoms with Crippen molar-refractivity contribution in [3.05, 3.63) is 0 Å². The van der Waals surface area contributed by atoms with Crippen molar-refractivity contribution < 1.29 is 18.9 Å². The van der Waals surface area contributed by atoms with Gasteiger partial charge in [-0.05, 0) is 74.7 Å². The van der Waals surface area contributed by atoms with Crippen molar-refractivity contribution in [1.29, 1.82) is 0 Å². The number of halogens is 1. The van der Waals surface area contributed by atoms with E-state index in [9.17, 15) is 9.18 Å². The fourth-order valence-corrected chi connectivity index (χ4v) is 8.58. The molecule has 1 heterocycles. The predicted octanol–water partition coefficient (Wildman–Crippen LogP) is 4.53. The third-order valence-electron chi connectivity index (χ3n) is 10.2. The number of alkyl halides is 1. The van der Waals surface area contributed by atoms with E-state index in [0.29, 0.717) is 18.3 Å². The highest BCUT2D eigenvalue weighted by Crippen LogP contribution is 2.65. The van der Waals surface area contributed by atoms with Gasteiger partial charge < -0.3 is 15.0 Å². The molecule has 0 bridgehead atoms. The molecule has 6 unspecified atom stereocenters. The number of hydrogen-bond donors (Lipinski definition) is 1.